The van der Waals surface area contributed by atoms with Gasteiger partial charge >= 0.3 is 0 Å². The molecule has 2 fully saturated rings. The molecule has 1 unspecified atom stereocenters. The van der Waals surface area contributed by atoms with E-state index < -0.39 is 0 Å². The summed E-state index contributed by atoms with van der Waals surface area (Å²) in [5, 5.41) is 3.42. The van der Waals surface area contributed by atoms with Crippen LogP contribution in [-0.2, 0) is 4.74 Å². The van der Waals surface area contributed by atoms with Crippen LogP contribution in [0.4, 0.5) is 0 Å². The highest BCUT2D eigenvalue weighted by molar-refractivity contribution is 7.98. The zero-order valence-electron chi connectivity index (χ0n) is 8.34. The molecule has 0 radical (unpaired) electrons. The van der Waals surface area contributed by atoms with Crippen LogP contribution in [0.2, 0.25) is 0 Å². The molecule has 0 bridgehead atoms. The van der Waals surface area contributed by atoms with Crippen molar-refractivity contribution in [2.24, 2.45) is 5.41 Å². The normalized spacial score (nSPS) is 32.5. The molecule has 1 spiro atoms. The summed E-state index contributed by atoms with van der Waals surface area (Å²) in [4.78, 5) is 0. The summed E-state index contributed by atoms with van der Waals surface area (Å²) < 4.78 is 5.84. The third-order valence-electron chi connectivity index (χ3n) is 3.30. The Morgan fingerprint density at radius 3 is 2.92 bits per heavy atom. The molecule has 2 nitrogen and oxygen atoms in total. The second kappa shape index (κ2) is 4.20. The fourth-order valence-corrected chi connectivity index (χ4v) is 3.08. The minimum absolute atomic E-state index is 0.535. The summed E-state index contributed by atoms with van der Waals surface area (Å²) in [6.07, 6.45) is 6.63. The molecule has 2 aliphatic rings. The molecule has 0 aliphatic carbocycles. The number of hydrogen-bond donors (Lipinski definition) is 1. The molecule has 0 amide bonds. The molecule has 1 atom stereocenters. The highest BCUT2D eigenvalue weighted by Gasteiger charge is 2.40. The average molecular weight is 201 g/mol. The van der Waals surface area contributed by atoms with Gasteiger partial charge in [-0.3, -0.25) is 0 Å². The Labute approximate surface area is 84.8 Å². The Hall–Kier alpha value is 0.270. The maximum atomic E-state index is 5.84. The van der Waals surface area contributed by atoms with Crippen molar-refractivity contribution >= 4 is 11.8 Å². The van der Waals surface area contributed by atoms with Gasteiger partial charge in [0.1, 0.15) is 0 Å². The molecule has 0 aromatic heterocycles. The third kappa shape index (κ3) is 2.20. The van der Waals surface area contributed by atoms with Crippen LogP contribution in [0.5, 0.6) is 0 Å². The van der Waals surface area contributed by atoms with Crippen molar-refractivity contribution in [3.05, 3.63) is 0 Å². The Bertz CT molecular complexity index is 168. The molecule has 0 aromatic rings. The highest BCUT2D eigenvalue weighted by atomic mass is 32.2. The predicted octanol–water partition coefficient (Wildman–Crippen LogP) is 1.51. The maximum absolute atomic E-state index is 5.84. The standard InChI is InChI=1S/C10H19NOS/c1-13-7-9-6-10(8-12-9)2-4-11-5-3-10/h9,11H,2-8H2,1H3. The van der Waals surface area contributed by atoms with Crippen molar-refractivity contribution in [3.63, 3.8) is 0 Å². The van der Waals surface area contributed by atoms with E-state index in [2.05, 4.69) is 11.6 Å². The van der Waals surface area contributed by atoms with E-state index >= 15 is 0 Å². The molecule has 13 heavy (non-hydrogen) atoms. The lowest BCUT2D eigenvalue weighted by molar-refractivity contribution is 0.0972. The lowest BCUT2D eigenvalue weighted by atomic mass is 9.77. The fraction of sp³-hybridized carbons (Fsp3) is 1.00. The molecule has 2 heterocycles. The molecule has 2 aliphatic heterocycles. The monoisotopic (exact) mass is 201 g/mol. The van der Waals surface area contributed by atoms with Crippen LogP contribution < -0.4 is 5.32 Å². The maximum Gasteiger partial charge on any atom is 0.0671 e. The zero-order chi connectivity index (χ0) is 9.15. The zero-order valence-corrected chi connectivity index (χ0v) is 9.16. The lowest BCUT2D eigenvalue weighted by Gasteiger charge is -2.32. The van der Waals surface area contributed by atoms with Crippen molar-refractivity contribution in [2.45, 2.75) is 25.4 Å². The van der Waals surface area contributed by atoms with Crippen LogP contribution in [0.25, 0.3) is 0 Å². The van der Waals surface area contributed by atoms with Crippen molar-refractivity contribution in [1.29, 1.82) is 0 Å². The average Bonchev–Trinajstić information content (AvgIpc) is 2.51. The first-order chi connectivity index (χ1) is 6.35. The first kappa shape index (κ1) is 9.81. The SMILES string of the molecule is CSCC1CC2(CCNCC2)CO1. The number of hydrogen-bond acceptors (Lipinski definition) is 3. The number of ether oxygens (including phenoxy) is 1. The van der Waals surface area contributed by atoms with Crippen LogP contribution in [0, 0.1) is 5.41 Å². The van der Waals surface area contributed by atoms with Gasteiger partial charge in [-0.2, -0.15) is 11.8 Å². The highest BCUT2D eigenvalue weighted by Crippen LogP contribution is 2.40. The fourth-order valence-electron chi connectivity index (χ4n) is 2.49. The van der Waals surface area contributed by atoms with Crippen molar-refractivity contribution in [1.82, 2.24) is 5.32 Å². The molecule has 2 rings (SSSR count). The van der Waals surface area contributed by atoms with Gasteiger partial charge in [0.05, 0.1) is 12.7 Å². The lowest BCUT2D eigenvalue weighted by Crippen LogP contribution is -2.37. The van der Waals surface area contributed by atoms with E-state index in [9.17, 15) is 0 Å². The minimum Gasteiger partial charge on any atom is -0.377 e. The van der Waals surface area contributed by atoms with E-state index in [0.29, 0.717) is 11.5 Å². The van der Waals surface area contributed by atoms with E-state index in [1.807, 2.05) is 11.8 Å². The van der Waals surface area contributed by atoms with Crippen molar-refractivity contribution in [2.75, 3.05) is 31.7 Å². The van der Waals surface area contributed by atoms with Crippen molar-refractivity contribution < 1.29 is 4.74 Å². The number of nitrogens with one attached hydrogen (secondary N) is 1. The number of thioether (sulfide) groups is 1. The van der Waals surface area contributed by atoms with Gasteiger partial charge < -0.3 is 10.1 Å². The predicted molar refractivity (Wildman–Crippen MR) is 57.3 cm³/mol. The summed E-state index contributed by atoms with van der Waals surface area (Å²) in [6, 6.07) is 0. The summed E-state index contributed by atoms with van der Waals surface area (Å²) in [6.45, 7) is 3.39. The van der Waals surface area contributed by atoms with Crippen molar-refractivity contribution in [3.8, 4) is 0 Å². The molecule has 0 saturated carbocycles. The molecular formula is C10H19NOS. The minimum atomic E-state index is 0.535. The van der Waals surface area contributed by atoms with Gasteiger partial charge in [-0.05, 0) is 44.0 Å². The quantitative estimate of drug-likeness (QED) is 0.732. The second-order valence-corrected chi connectivity index (χ2v) is 5.25. The third-order valence-corrected chi connectivity index (χ3v) is 4.01. The van der Waals surface area contributed by atoms with Gasteiger partial charge in [0.25, 0.3) is 0 Å². The Kier molecular flexibility index (Phi) is 3.17. The van der Waals surface area contributed by atoms with Crippen LogP contribution in [-0.4, -0.2) is 37.8 Å². The van der Waals surface area contributed by atoms with Gasteiger partial charge in [-0.15, -0.1) is 0 Å². The van der Waals surface area contributed by atoms with E-state index in [1.165, 1.54) is 38.1 Å². The smallest absolute Gasteiger partial charge is 0.0671 e. The summed E-state index contributed by atoms with van der Waals surface area (Å²) in [5.74, 6) is 1.18. The van der Waals surface area contributed by atoms with Crippen LogP contribution in [0.3, 0.4) is 0 Å². The second-order valence-electron chi connectivity index (χ2n) is 4.34. The van der Waals surface area contributed by atoms with Crippen LogP contribution in [0.1, 0.15) is 19.3 Å². The first-order valence-electron chi connectivity index (χ1n) is 5.16. The molecule has 2 saturated heterocycles. The Balaban J connectivity index is 1.87. The van der Waals surface area contributed by atoms with Crippen LogP contribution in [0.15, 0.2) is 0 Å². The molecule has 0 aromatic carbocycles. The number of piperidine rings is 1. The van der Waals surface area contributed by atoms with E-state index in [4.69, 9.17) is 4.74 Å². The molecule has 76 valence electrons. The molecular weight excluding hydrogens is 182 g/mol. The summed E-state index contributed by atoms with van der Waals surface area (Å²) in [7, 11) is 0. The Morgan fingerprint density at radius 1 is 1.46 bits per heavy atom. The van der Waals surface area contributed by atoms with E-state index in [0.717, 1.165) is 6.61 Å². The van der Waals surface area contributed by atoms with Gasteiger partial charge in [-0.25, -0.2) is 0 Å². The molecule has 1 N–H and O–H groups in total. The van der Waals surface area contributed by atoms with Gasteiger partial charge in [0, 0.05) is 5.75 Å². The first-order valence-corrected chi connectivity index (χ1v) is 6.55. The largest absolute Gasteiger partial charge is 0.377 e. The van der Waals surface area contributed by atoms with Crippen LogP contribution >= 0.6 is 11.8 Å². The summed E-state index contributed by atoms with van der Waals surface area (Å²) in [5.41, 5.74) is 0.547. The van der Waals surface area contributed by atoms with E-state index in [-0.39, 0.29) is 0 Å². The topological polar surface area (TPSA) is 21.3 Å². The number of rotatable bonds is 2. The van der Waals surface area contributed by atoms with Gasteiger partial charge in [0.15, 0.2) is 0 Å². The van der Waals surface area contributed by atoms with E-state index in [1.54, 1.807) is 0 Å². The molecule has 3 heteroatoms. The Morgan fingerprint density at radius 2 is 2.23 bits per heavy atom. The van der Waals surface area contributed by atoms with Gasteiger partial charge in [0.2, 0.25) is 0 Å². The van der Waals surface area contributed by atoms with Gasteiger partial charge in [-0.1, -0.05) is 0 Å². The summed E-state index contributed by atoms with van der Waals surface area (Å²) >= 11 is 1.91.